The lowest BCUT2D eigenvalue weighted by atomic mass is 10.2. The number of nitrogens with one attached hydrogen (secondary N) is 2. The first-order valence-electron chi connectivity index (χ1n) is 6.71. The van der Waals surface area contributed by atoms with Crippen molar-refractivity contribution in [3.8, 4) is 0 Å². The fourth-order valence-corrected chi connectivity index (χ4v) is 2.23. The molecule has 0 radical (unpaired) electrons. The second-order valence-electron chi connectivity index (χ2n) is 4.78. The van der Waals surface area contributed by atoms with E-state index in [2.05, 4.69) is 37.8 Å². The van der Waals surface area contributed by atoms with Gasteiger partial charge in [0.25, 0.3) is 11.9 Å². The Labute approximate surface area is 120 Å². The molecule has 0 atom stereocenters. The van der Waals surface area contributed by atoms with Crippen molar-refractivity contribution in [2.75, 3.05) is 5.32 Å². The Hall–Kier alpha value is -2.77. The maximum absolute atomic E-state index is 12.5. The Morgan fingerprint density at radius 1 is 1.43 bits per heavy atom. The number of carbonyl (C=O) groups excluding carboxylic acids is 1. The highest BCUT2D eigenvalue weighted by atomic mass is 16.2. The fraction of sp³-hybridized carbons (Fsp3) is 0.308. The Morgan fingerprint density at radius 3 is 3.00 bits per heavy atom. The van der Waals surface area contributed by atoms with Gasteiger partial charge in [-0.1, -0.05) is 24.5 Å². The molecule has 21 heavy (non-hydrogen) atoms. The molecule has 0 aliphatic carbocycles. The van der Waals surface area contributed by atoms with Crippen LogP contribution in [0.3, 0.4) is 0 Å². The highest BCUT2D eigenvalue weighted by molar-refractivity contribution is 6.03. The van der Waals surface area contributed by atoms with E-state index >= 15 is 0 Å². The van der Waals surface area contributed by atoms with Gasteiger partial charge in [0.1, 0.15) is 11.3 Å². The Bertz CT molecular complexity index is 775. The summed E-state index contributed by atoms with van der Waals surface area (Å²) in [6.45, 7) is 4.02. The zero-order chi connectivity index (χ0) is 14.8. The quantitative estimate of drug-likeness (QED) is 0.753. The second-order valence-corrected chi connectivity index (χ2v) is 4.78. The number of hydrogen-bond acceptors (Lipinski definition) is 5. The number of imidazole rings is 1. The molecule has 3 aromatic heterocycles. The number of H-pyrrole nitrogens is 1. The summed E-state index contributed by atoms with van der Waals surface area (Å²) in [5, 5.41) is 15.8. The summed E-state index contributed by atoms with van der Waals surface area (Å²) in [4.78, 5) is 17.0. The highest BCUT2D eigenvalue weighted by Gasteiger charge is 2.20. The third-order valence-corrected chi connectivity index (χ3v) is 3.11. The van der Waals surface area contributed by atoms with E-state index in [9.17, 15) is 4.79 Å². The molecule has 0 aliphatic rings. The maximum atomic E-state index is 12.5. The predicted octanol–water partition coefficient (Wildman–Crippen LogP) is 1.36. The Morgan fingerprint density at radius 2 is 2.29 bits per heavy atom. The monoisotopic (exact) mass is 285 g/mol. The van der Waals surface area contributed by atoms with Crippen molar-refractivity contribution < 1.29 is 4.79 Å². The van der Waals surface area contributed by atoms with Gasteiger partial charge < -0.3 is 0 Å². The van der Waals surface area contributed by atoms with Gasteiger partial charge in [0.2, 0.25) is 0 Å². The third-order valence-electron chi connectivity index (χ3n) is 3.11. The van der Waals surface area contributed by atoms with Crippen LogP contribution in [-0.2, 0) is 6.42 Å². The van der Waals surface area contributed by atoms with Crippen molar-refractivity contribution in [1.82, 2.24) is 30.0 Å². The summed E-state index contributed by atoms with van der Waals surface area (Å²) < 4.78 is 1.80. The largest absolute Gasteiger partial charge is 0.295 e. The van der Waals surface area contributed by atoms with Crippen LogP contribution in [-0.4, -0.2) is 35.9 Å². The molecule has 0 spiro atoms. The average molecular weight is 285 g/mol. The maximum Gasteiger partial charge on any atom is 0.277 e. The molecule has 3 aromatic rings. The van der Waals surface area contributed by atoms with Crippen LogP contribution >= 0.6 is 0 Å². The van der Waals surface area contributed by atoms with Crippen molar-refractivity contribution >= 4 is 17.5 Å². The molecule has 0 bridgehead atoms. The SMILES string of the molecule is CCCc1nc2ccc(C)cn2c1C(=O)Nc1nn[nH]n1. The lowest BCUT2D eigenvalue weighted by Crippen LogP contribution is -2.17. The van der Waals surface area contributed by atoms with Gasteiger partial charge in [-0.05, 0) is 30.2 Å². The lowest BCUT2D eigenvalue weighted by Gasteiger charge is -2.04. The van der Waals surface area contributed by atoms with E-state index in [0.29, 0.717) is 5.69 Å². The minimum Gasteiger partial charge on any atom is -0.295 e. The van der Waals surface area contributed by atoms with Crippen LogP contribution in [0.2, 0.25) is 0 Å². The number of hydrogen-bond donors (Lipinski definition) is 2. The summed E-state index contributed by atoms with van der Waals surface area (Å²) in [7, 11) is 0. The van der Waals surface area contributed by atoms with Gasteiger partial charge in [-0.2, -0.15) is 5.21 Å². The molecular weight excluding hydrogens is 270 g/mol. The number of fused-ring (bicyclic) bond motifs is 1. The molecule has 2 N–H and O–H groups in total. The molecule has 0 aliphatic heterocycles. The van der Waals surface area contributed by atoms with Crippen LogP contribution in [0.4, 0.5) is 5.95 Å². The van der Waals surface area contributed by atoms with Gasteiger partial charge in [0, 0.05) is 6.20 Å². The number of amides is 1. The van der Waals surface area contributed by atoms with E-state index in [1.165, 1.54) is 0 Å². The number of carbonyl (C=O) groups is 1. The molecule has 0 saturated heterocycles. The van der Waals surface area contributed by atoms with Gasteiger partial charge in [0.15, 0.2) is 0 Å². The summed E-state index contributed by atoms with van der Waals surface area (Å²) >= 11 is 0. The predicted molar refractivity (Wildman–Crippen MR) is 76.1 cm³/mol. The molecule has 0 unspecified atom stereocenters. The summed E-state index contributed by atoms with van der Waals surface area (Å²) in [5.74, 6) is -0.150. The van der Waals surface area contributed by atoms with E-state index < -0.39 is 0 Å². The van der Waals surface area contributed by atoms with Gasteiger partial charge in [-0.15, -0.1) is 5.10 Å². The molecule has 0 aromatic carbocycles. The van der Waals surface area contributed by atoms with E-state index in [1.807, 2.05) is 25.3 Å². The number of tetrazole rings is 1. The molecule has 108 valence electrons. The first-order chi connectivity index (χ1) is 10.2. The Kier molecular flexibility index (Phi) is 3.35. The van der Waals surface area contributed by atoms with Crippen molar-refractivity contribution in [2.45, 2.75) is 26.7 Å². The number of aromatic nitrogens is 6. The van der Waals surface area contributed by atoms with Crippen molar-refractivity contribution in [3.63, 3.8) is 0 Å². The summed E-state index contributed by atoms with van der Waals surface area (Å²) in [6, 6.07) is 3.87. The Balaban J connectivity index is 2.07. The van der Waals surface area contributed by atoms with Crippen LogP contribution in [0.5, 0.6) is 0 Å². The lowest BCUT2D eigenvalue weighted by molar-refractivity contribution is 0.101. The second kappa shape index (κ2) is 5.31. The van der Waals surface area contributed by atoms with Gasteiger partial charge in [0.05, 0.1) is 5.69 Å². The average Bonchev–Trinajstić information content (AvgIpc) is 3.06. The number of nitrogens with zero attached hydrogens (tertiary/aromatic N) is 5. The normalized spacial score (nSPS) is 11.0. The summed E-state index contributed by atoms with van der Waals surface area (Å²) in [6.07, 6.45) is 3.54. The minimum absolute atomic E-state index is 0.144. The number of aryl methyl sites for hydroxylation is 2. The number of anilines is 1. The van der Waals surface area contributed by atoms with Crippen LogP contribution in [0, 0.1) is 6.92 Å². The van der Waals surface area contributed by atoms with Crippen molar-refractivity contribution in [3.05, 3.63) is 35.3 Å². The molecule has 0 saturated carbocycles. The van der Waals surface area contributed by atoms with Gasteiger partial charge in [-0.3, -0.25) is 14.5 Å². The smallest absolute Gasteiger partial charge is 0.277 e. The first kappa shape index (κ1) is 13.2. The number of pyridine rings is 1. The highest BCUT2D eigenvalue weighted by Crippen LogP contribution is 2.16. The van der Waals surface area contributed by atoms with Gasteiger partial charge in [-0.25, -0.2) is 4.98 Å². The van der Waals surface area contributed by atoms with Crippen molar-refractivity contribution in [2.24, 2.45) is 0 Å². The molecule has 3 heterocycles. The summed E-state index contributed by atoms with van der Waals surface area (Å²) in [5.41, 5.74) is 3.09. The van der Waals surface area contributed by atoms with Crippen LogP contribution in [0.1, 0.15) is 35.1 Å². The van der Waals surface area contributed by atoms with Crippen molar-refractivity contribution in [1.29, 1.82) is 0 Å². The number of rotatable bonds is 4. The zero-order valence-electron chi connectivity index (χ0n) is 11.8. The topological polar surface area (TPSA) is 101 Å². The van der Waals surface area contributed by atoms with E-state index in [-0.39, 0.29) is 11.9 Å². The molecule has 0 fully saturated rings. The van der Waals surface area contributed by atoms with Crippen LogP contribution < -0.4 is 5.32 Å². The van der Waals surface area contributed by atoms with E-state index in [0.717, 1.165) is 29.7 Å². The fourth-order valence-electron chi connectivity index (χ4n) is 2.23. The molecular formula is C13H15N7O. The zero-order valence-corrected chi connectivity index (χ0v) is 11.8. The molecule has 8 nitrogen and oxygen atoms in total. The van der Waals surface area contributed by atoms with E-state index in [1.54, 1.807) is 4.40 Å². The minimum atomic E-state index is -0.294. The van der Waals surface area contributed by atoms with Gasteiger partial charge >= 0.3 is 0 Å². The molecule has 1 amide bonds. The third kappa shape index (κ3) is 2.47. The molecule has 3 rings (SSSR count). The first-order valence-corrected chi connectivity index (χ1v) is 6.71. The van der Waals surface area contributed by atoms with Crippen LogP contribution in [0.25, 0.3) is 5.65 Å². The standard InChI is InChI=1S/C13H15N7O/c1-3-4-9-11(12(21)15-13-16-18-19-17-13)20-7-8(2)5-6-10(20)14-9/h5-7H,3-4H2,1-2H3,(H2,15,16,17,18,19,21). The molecule has 8 heteroatoms. The van der Waals surface area contributed by atoms with Crippen LogP contribution in [0.15, 0.2) is 18.3 Å². The van der Waals surface area contributed by atoms with E-state index in [4.69, 9.17) is 0 Å². The number of aromatic amines is 1.